The van der Waals surface area contributed by atoms with Crippen molar-refractivity contribution in [3.63, 3.8) is 0 Å². The summed E-state index contributed by atoms with van der Waals surface area (Å²) in [5.74, 6) is 0.116. The lowest BCUT2D eigenvalue weighted by atomic mass is 10.1. The summed E-state index contributed by atoms with van der Waals surface area (Å²) in [4.78, 5) is 17.5. The Kier molecular flexibility index (Phi) is 6.45. The van der Waals surface area contributed by atoms with Crippen LogP contribution in [0.15, 0.2) is 73.6 Å². The number of benzene rings is 2. The molecule has 2 heterocycles. The number of nitrogens with zero attached hydrogens (tertiary/aromatic N) is 1. The van der Waals surface area contributed by atoms with Crippen molar-refractivity contribution in [1.82, 2.24) is 10.3 Å². The first-order chi connectivity index (χ1) is 14.9. The maximum absolute atomic E-state index is 12.9. The van der Waals surface area contributed by atoms with Crippen LogP contribution >= 0.6 is 23.1 Å². The predicted octanol–water partition coefficient (Wildman–Crippen LogP) is 4.69. The molecular weight excluding hydrogens is 452 g/mol. The lowest BCUT2D eigenvalue weighted by Gasteiger charge is -2.07. The van der Waals surface area contributed by atoms with Crippen molar-refractivity contribution < 1.29 is 17.6 Å². The predicted molar refractivity (Wildman–Crippen MR) is 123 cm³/mol. The number of amides is 1. The third kappa shape index (κ3) is 5.00. The normalized spacial score (nSPS) is 11.6. The van der Waals surface area contributed by atoms with E-state index in [0.29, 0.717) is 11.3 Å². The fraction of sp³-hybridized carbons (Fsp3) is 0.182. The first kappa shape index (κ1) is 21.6. The molecule has 0 aliphatic carbocycles. The van der Waals surface area contributed by atoms with Gasteiger partial charge in [-0.2, -0.15) is 0 Å². The number of rotatable bonds is 8. The van der Waals surface area contributed by atoms with Gasteiger partial charge in [-0.3, -0.25) is 4.79 Å². The molecule has 0 aliphatic heterocycles. The monoisotopic (exact) mass is 472 g/mol. The lowest BCUT2D eigenvalue weighted by Crippen LogP contribution is -2.29. The second-order valence-corrected chi connectivity index (χ2v) is 11.0. The third-order valence-electron chi connectivity index (χ3n) is 4.60. The number of aromatic nitrogens is 1. The Hall–Kier alpha value is -2.62. The minimum atomic E-state index is -3.47. The van der Waals surface area contributed by atoms with Crippen LogP contribution in [0.5, 0.6) is 0 Å². The number of para-hydroxylation sites is 1. The molecule has 0 aliphatic rings. The smallest absolute Gasteiger partial charge is 0.287 e. The molecule has 0 atom stereocenters. The van der Waals surface area contributed by atoms with E-state index in [2.05, 4.69) is 10.3 Å². The fourth-order valence-corrected chi connectivity index (χ4v) is 6.14. The average Bonchev–Trinajstić information content (AvgIpc) is 3.36. The topological polar surface area (TPSA) is 89.3 Å². The van der Waals surface area contributed by atoms with Crippen molar-refractivity contribution >= 4 is 49.8 Å². The number of nitrogens with one attached hydrogen (secondary N) is 1. The van der Waals surface area contributed by atoms with Crippen LogP contribution in [0.25, 0.3) is 11.0 Å². The summed E-state index contributed by atoms with van der Waals surface area (Å²) in [5.41, 5.74) is 2.36. The van der Waals surface area contributed by atoms with Crippen LogP contribution in [0.3, 0.4) is 0 Å². The molecule has 6 nitrogen and oxygen atoms in total. The SMILES string of the molecule is Cc1csc(SCc2c(C(=O)NCCS(=O)(=O)c3ccccc3)oc3ccccc23)n1. The first-order valence-electron chi connectivity index (χ1n) is 9.55. The summed E-state index contributed by atoms with van der Waals surface area (Å²) in [6.45, 7) is 1.93. The highest BCUT2D eigenvalue weighted by atomic mass is 32.2. The molecule has 4 rings (SSSR count). The number of furan rings is 1. The van der Waals surface area contributed by atoms with Crippen LogP contribution in [0.2, 0.25) is 0 Å². The van der Waals surface area contributed by atoms with Crippen LogP contribution in [0.4, 0.5) is 0 Å². The van der Waals surface area contributed by atoms with Gasteiger partial charge in [0, 0.05) is 34.3 Å². The van der Waals surface area contributed by atoms with Crippen LogP contribution in [0, 0.1) is 6.92 Å². The van der Waals surface area contributed by atoms with Gasteiger partial charge in [0.05, 0.1) is 10.6 Å². The highest BCUT2D eigenvalue weighted by Crippen LogP contribution is 2.33. The van der Waals surface area contributed by atoms with Crippen molar-refractivity contribution in [2.45, 2.75) is 21.9 Å². The molecule has 0 unspecified atom stereocenters. The van der Waals surface area contributed by atoms with E-state index in [1.807, 2.05) is 36.6 Å². The van der Waals surface area contributed by atoms with Gasteiger partial charge in [0.2, 0.25) is 0 Å². The molecule has 1 N–H and O–H groups in total. The van der Waals surface area contributed by atoms with Crippen LogP contribution in [-0.4, -0.2) is 31.6 Å². The van der Waals surface area contributed by atoms with Crippen molar-refractivity contribution in [2.24, 2.45) is 0 Å². The Morgan fingerprint density at radius 1 is 1.13 bits per heavy atom. The van der Waals surface area contributed by atoms with Crippen molar-refractivity contribution in [1.29, 1.82) is 0 Å². The standard InChI is InChI=1S/C22H20N2O4S3/c1-15-13-29-22(24-15)30-14-18-17-9-5-6-10-19(17)28-20(18)21(25)23-11-12-31(26,27)16-7-3-2-4-8-16/h2-10,13H,11-12,14H2,1H3,(H,23,25). The van der Waals surface area contributed by atoms with Crippen LogP contribution in [-0.2, 0) is 15.6 Å². The van der Waals surface area contributed by atoms with Gasteiger partial charge in [-0.25, -0.2) is 13.4 Å². The zero-order valence-electron chi connectivity index (χ0n) is 16.7. The van der Waals surface area contributed by atoms with E-state index < -0.39 is 15.7 Å². The van der Waals surface area contributed by atoms with Crippen LogP contribution < -0.4 is 5.32 Å². The molecular formula is C22H20N2O4S3. The molecule has 0 bridgehead atoms. The van der Waals surface area contributed by atoms with Gasteiger partial charge in [-0.05, 0) is 25.1 Å². The Bertz CT molecular complexity index is 1310. The van der Waals surface area contributed by atoms with Crippen molar-refractivity contribution in [2.75, 3.05) is 12.3 Å². The Morgan fingerprint density at radius 2 is 1.87 bits per heavy atom. The minimum absolute atomic E-state index is 0.00857. The van der Waals surface area contributed by atoms with Gasteiger partial charge in [-0.1, -0.05) is 48.2 Å². The molecule has 0 saturated heterocycles. The van der Waals surface area contributed by atoms with Gasteiger partial charge >= 0.3 is 0 Å². The van der Waals surface area contributed by atoms with E-state index in [1.165, 1.54) is 0 Å². The number of sulfone groups is 1. The van der Waals surface area contributed by atoms with Gasteiger partial charge in [-0.15, -0.1) is 11.3 Å². The number of aryl methyl sites for hydroxylation is 1. The van der Waals surface area contributed by atoms with E-state index in [-0.39, 0.29) is 23.0 Å². The molecule has 4 aromatic rings. The number of thioether (sulfide) groups is 1. The highest BCUT2D eigenvalue weighted by molar-refractivity contribution is 8.00. The Labute approximate surface area is 188 Å². The number of fused-ring (bicyclic) bond motifs is 1. The molecule has 31 heavy (non-hydrogen) atoms. The summed E-state index contributed by atoms with van der Waals surface area (Å²) < 4.78 is 31.6. The quantitative estimate of drug-likeness (QED) is 0.374. The molecule has 1 amide bonds. The second-order valence-electron chi connectivity index (χ2n) is 6.84. The number of thiazole rings is 1. The zero-order valence-corrected chi connectivity index (χ0v) is 19.1. The molecule has 9 heteroatoms. The molecule has 0 fully saturated rings. The molecule has 2 aromatic heterocycles. The highest BCUT2D eigenvalue weighted by Gasteiger charge is 2.22. The average molecular weight is 473 g/mol. The summed E-state index contributed by atoms with van der Waals surface area (Å²) in [6, 6.07) is 15.7. The molecule has 160 valence electrons. The number of carbonyl (C=O) groups excluding carboxylic acids is 1. The maximum Gasteiger partial charge on any atom is 0.287 e. The van der Waals surface area contributed by atoms with E-state index in [0.717, 1.165) is 21.0 Å². The first-order valence-corrected chi connectivity index (χ1v) is 13.1. The summed E-state index contributed by atoms with van der Waals surface area (Å²) in [5, 5.41) is 5.54. The molecule has 0 saturated carbocycles. The second kappa shape index (κ2) is 9.25. The Balaban J connectivity index is 1.49. The number of carbonyl (C=O) groups is 1. The van der Waals surface area contributed by atoms with Crippen molar-refractivity contribution in [3.8, 4) is 0 Å². The van der Waals surface area contributed by atoms with E-state index in [1.54, 1.807) is 53.4 Å². The van der Waals surface area contributed by atoms with Crippen LogP contribution in [0.1, 0.15) is 21.8 Å². The third-order valence-corrected chi connectivity index (χ3v) is 8.50. The molecule has 2 aromatic carbocycles. The van der Waals surface area contributed by atoms with E-state index in [9.17, 15) is 13.2 Å². The lowest BCUT2D eigenvalue weighted by molar-refractivity contribution is 0.0929. The van der Waals surface area contributed by atoms with Gasteiger partial charge in [0.25, 0.3) is 5.91 Å². The van der Waals surface area contributed by atoms with Gasteiger partial charge in [0.1, 0.15) is 9.92 Å². The Morgan fingerprint density at radius 3 is 2.61 bits per heavy atom. The zero-order chi connectivity index (χ0) is 21.8. The van der Waals surface area contributed by atoms with Gasteiger partial charge < -0.3 is 9.73 Å². The number of hydrogen-bond donors (Lipinski definition) is 1. The largest absolute Gasteiger partial charge is 0.451 e. The summed E-state index contributed by atoms with van der Waals surface area (Å²) in [6.07, 6.45) is 0. The summed E-state index contributed by atoms with van der Waals surface area (Å²) in [7, 11) is -3.47. The van der Waals surface area contributed by atoms with Crippen molar-refractivity contribution in [3.05, 3.63) is 77.0 Å². The number of hydrogen-bond acceptors (Lipinski definition) is 7. The van der Waals surface area contributed by atoms with Gasteiger partial charge in [0.15, 0.2) is 15.6 Å². The maximum atomic E-state index is 12.9. The summed E-state index contributed by atoms with van der Waals surface area (Å²) >= 11 is 3.10. The minimum Gasteiger partial charge on any atom is -0.451 e. The van der Waals surface area contributed by atoms with E-state index >= 15 is 0 Å². The fourth-order valence-electron chi connectivity index (χ4n) is 3.08. The molecule has 0 radical (unpaired) electrons. The molecule has 0 spiro atoms. The van der Waals surface area contributed by atoms with E-state index in [4.69, 9.17) is 4.42 Å².